The number of hydrogen-bond donors (Lipinski definition) is 2. The molecule has 3 heteroatoms. The fourth-order valence-electron chi connectivity index (χ4n) is 0.818. The topological polar surface area (TPSA) is 36.4 Å². The predicted octanol–water partition coefficient (Wildman–Crippen LogP) is -0.0548. The number of guanidine groups is 1. The minimum atomic E-state index is 0.950. The second-order valence-corrected chi connectivity index (χ2v) is 2.04. The summed E-state index contributed by atoms with van der Waals surface area (Å²) in [4.78, 5) is 4.21. The molecule has 1 aliphatic heterocycles. The lowest BCUT2D eigenvalue weighted by Gasteiger charge is -2.14. The Balaban J connectivity index is 2.28. The maximum Gasteiger partial charge on any atom is 0.191 e. The molecule has 0 aliphatic carbocycles. The van der Waals surface area contributed by atoms with Gasteiger partial charge >= 0.3 is 0 Å². The molecule has 0 aromatic heterocycles. The van der Waals surface area contributed by atoms with Crippen molar-refractivity contribution in [2.24, 2.45) is 4.99 Å². The van der Waals surface area contributed by atoms with Crippen molar-refractivity contribution >= 4 is 5.96 Å². The summed E-state index contributed by atoms with van der Waals surface area (Å²) < 4.78 is 0. The van der Waals surface area contributed by atoms with Gasteiger partial charge < -0.3 is 10.6 Å². The molecule has 1 aliphatic rings. The fourth-order valence-corrected chi connectivity index (χ4v) is 0.818. The van der Waals surface area contributed by atoms with Crippen LogP contribution in [0, 0.1) is 0 Å². The Bertz CT molecular complexity index is 109. The summed E-state index contributed by atoms with van der Waals surface area (Å²) in [5, 5.41) is 6.28. The summed E-state index contributed by atoms with van der Waals surface area (Å²) >= 11 is 0. The van der Waals surface area contributed by atoms with E-state index >= 15 is 0 Å². The van der Waals surface area contributed by atoms with Crippen LogP contribution in [0.3, 0.4) is 0 Å². The van der Waals surface area contributed by atoms with Crippen molar-refractivity contribution in [2.45, 2.75) is 13.3 Å². The first-order valence-electron chi connectivity index (χ1n) is 3.45. The van der Waals surface area contributed by atoms with Gasteiger partial charge in [0.25, 0.3) is 0 Å². The molecule has 0 atom stereocenters. The van der Waals surface area contributed by atoms with Gasteiger partial charge in [0.2, 0.25) is 0 Å². The van der Waals surface area contributed by atoms with Crippen molar-refractivity contribution in [3.63, 3.8) is 0 Å². The normalized spacial score (nSPS) is 18.1. The average molecular weight is 127 g/mol. The van der Waals surface area contributed by atoms with Gasteiger partial charge in [-0.25, -0.2) is 0 Å². The molecular weight excluding hydrogens is 114 g/mol. The monoisotopic (exact) mass is 127 g/mol. The number of nitrogens with one attached hydrogen (secondary N) is 2. The van der Waals surface area contributed by atoms with Gasteiger partial charge in [0.05, 0.1) is 0 Å². The Morgan fingerprint density at radius 3 is 3.22 bits per heavy atom. The first-order chi connectivity index (χ1) is 4.43. The molecule has 9 heavy (non-hydrogen) atoms. The van der Waals surface area contributed by atoms with Crippen LogP contribution in [-0.4, -0.2) is 25.6 Å². The minimum absolute atomic E-state index is 0.950. The lowest BCUT2D eigenvalue weighted by Crippen LogP contribution is -2.40. The predicted molar refractivity (Wildman–Crippen MR) is 38.6 cm³/mol. The zero-order valence-electron chi connectivity index (χ0n) is 5.78. The van der Waals surface area contributed by atoms with E-state index < -0.39 is 0 Å². The second kappa shape index (κ2) is 3.33. The van der Waals surface area contributed by atoms with Gasteiger partial charge in [-0.1, -0.05) is 0 Å². The van der Waals surface area contributed by atoms with E-state index in [1.807, 2.05) is 0 Å². The standard InChI is InChI=1S/C6H13N3/c1-2-7-6-8-4-3-5-9-6/h2-5H2,1H3,(H2,7,8,9). The van der Waals surface area contributed by atoms with Crippen LogP contribution >= 0.6 is 0 Å². The van der Waals surface area contributed by atoms with E-state index in [-0.39, 0.29) is 0 Å². The summed E-state index contributed by atoms with van der Waals surface area (Å²) in [7, 11) is 0. The number of aliphatic imine (C=N–C) groups is 1. The van der Waals surface area contributed by atoms with Crippen LogP contribution in [0.25, 0.3) is 0 Å². The Hall–Kier alpha value is -0.730. The SMILES string of the molecule is CCNC1=NCCCN1. The van der Waals surface area contributed by atoms with Crippen LogP contribution in [0.2, 0.25) is 0 Å². The van der Waals surface area contributed by atoms with Crippen molar-refractivity contribution in [3.05, 3.63) is 0 Å². The third-order valence-corrected chi connectivity index (χ3v) is 1.24. The van der Waals surface area contributed by atoms with Gasteiger partial charge in [0.15, 0.2) is 5.96 Å². The maximum atomic E-state index is 4.21. The zero-order chi connectivity index (χ0) is 6.53. The Morgan fingerprint density at radius 1 is 1.78 bits per heavy atom. The molecular formula is C6H13N3. The summed E-state index contributed by atoms with van der Waals surface area (Å²) in [6.45, 7) is 5.05. The highest BCUT2D eigenvalue weighted by atomic mass is 15.2. The van der Waals surface area contributed by atoms with E-state index in [2.05, 4.69) is 22.5 Å². The summed E-state index contributed by atoms with van der Waals surface area (Å²) in [5.74, 6) is 0.962. The van der Waals surface area contributed by atoms with Gasteiger partial charge in [-0.15, -0.1) is 0 Å². The van der Waals surface area contributed by atoms with Crippen LogP contribution in [0.4, 0.5) is 0 Å². The molecule has 2 N–H and O–H groups in total. The zero-order valence-corrected chi connectivity index (χ0v) is 5.78. The molecule has 0 amide bonds. The van der Waals surface area contributed by atoms with E-state index in [1.54, 1.807) is 0 Å². The number of hydrogen-bond acceptors (Lipinski definition) is 3. The van der Waals surface area contributed by atoms with E-state index in [1.165, 1.54) is 0 Å². The lowest BCUT2D eigenvalue weighted by atomic mass is 10.4. The van der Waals surface area contributed by atoms with Crippen molar-refractivity contribution in [1.29, 1.82) is 0 Å². The third-order valence-electron chi connectivity index (χ3n) is 1.24. The molecule has 0 aromatic rings. The average Bonchev–Trinajstić information content (AvgIpc) is 1.91. The van der Waals surface area contributed by atoms with Crippen LogP contribution in [0.5, 0.6) is 0 Å². The Kier molecular flexibility index (Phi) is 2.36. The molecule has 0 saturated carbocycles. The van der Waals surface area contributed by atoms with Crippen LogP contribution in [-0.2, 0) is 0 Å². The van der Waals surface area contributed by atoms with Crippen LogP contribution in [0.1, 0.15) is 13.3 Å². The first kappa shape index (κ1) is 6.39. The smallest absolute Gasteiger partial charge is 0.191 e. The highest BCUT2D eigenvalue weighted by molar-refractivity contribution is 5.80. The van der Waals surface area contributed by atoms with E-state index in [4.69, 9.17) is 0 Å². The first-order valence-corrected chi connectivity index (χ1v) is 3.45. The van der Waals surface area contributed by atoms with Crippen LogP contribution < -0.4 is 10.6 Å². The van der Waals surface area contributed by atoms with Gasteiger partial charge in [0.1, 0.15) is 0 Å². The molecule has 1 heterocycles. The maximum absolute atomic E-state index is 4.21. The van der Waals surface area contributed by atoms with Gasteiger partial charge in [-0.2, -0.15) is 0 Å². The molecule has 0 fully saturated rings. The number of rotatable bonds is 1. The highest BCUT2D eigenvalue weighted by Crippen LogP contribution is 1.85. The fraction of sp³-hybridized carbons (Fsp3) is 0.833. The van der Waals surface area contributed by atoms with Gasteiger partial charge in [0, 0.05) is 19.6 Å². The molecule has 52 valence electrons. The van der Waals surface area contributed by atoms with Crippen molar-refractivity contribution < 1.29 is 0 Å². The Labute approximate surface area is 55.6 Å². The van der Waals surface area contributed by atoms with Gasteiger partial charge in [-0.05, 0) is 13.3 Å². The molecule has 0 spiro atoms. The molecule has 0 radical (unpaired) electrons. The minimum Gasteiger partial charge on any atom is -0.357 e. The summed E-state index contributed by atoms with van der Waals surface area (Å²) in [5.41, 5.74) is 0. The molecule has 0 saturated heterocycles. The number of nitrogens with zero attached hydrogens (tertiary/aromatic N) is 1. The van der Waals surface area contributed by atoms with Crippen molar-refractivity contribution in [1.82, 2.24) is 10.6 Å². The van der Waals surface area contributed by atoms with E-state index in [0.29, 0.717) is 0 Å². The van der Waals surface area contributed by atoms with Gasteiger partial charge in [-0.3, -0.25) is 4.99 Å². The van der Waals surface area contributed by atoms with E-state index in [0.717, 1.165) is 32.0 Å². The molecule has 0 bridgehead atoms. The molecule has 0 unspecified atom stereocenters. The molecule has 3 nitrogen and oxygen atoms in total. The quantitative estimate of drug-likeness (QED) is 0.518. The Morgan fingerprint density at radius 2 is 2.67 bits per heavy atom. The van der Waals surface area contributed by atoms with E-state index in [9.17, 15) is 0 Å². The van der Waals surface area contributed by atoms with Crippen molar-refractivity contribution in [2.75, 3.05) is 19.6 Å². The highest BCUT2D eigenvalue weighted by Gasteiger charge is 1.99. The second-order valence-electron chi connectivity index (χ2n) is 2.04. The molecule has 0 aromatic carbocycles. The van der Waals surface area contributed by atoms with Crippen LogP contribution in [0.15, 0.2) is 4.99 Å². The molecule has 1 rings (SSSR count). The summed E-state index contributed by atoms with van der Waals surface area (Å²) in [6, 6.07) is 0. The van der Waals surface area contributed by atoms with Crippen molar-refractivity contribution in [3.8, 4) is 0 Å². The lowest BCUT2D eigenvalue weighted by molar-refractivity contribution is 0.709. The largest absolute Gasteiger partial charge is 0.357 e. The summed E-state index contributed by atoms with van der Waals surface area (Å²) in [6.07, 6.45) is 1.16. The third kappa shape index (κ3) is 1.91.